The van der Waals surface area contributed by atoms with Gasteiger partial charge in [0.15, 0.2) is 0 Å². The maximum atomic E-state index is 5.12. The summed E-state index contributed by atoms with van der Waals surface area (Å²) in [6, 6.07) is 0. The van der Waals surface area contributed by atoms with Crippen molar-refractivity contribution in [3.8, 4) is 0 Å². The van der Waals surface area contributed by atoms with Gasteiger partial charge in [0.25, 0.3) is 0 Å². The molecule has 0 aromatic heterocycles. The van der Waals surface area contributed by atoms with Gasteiger partial charge in [-0.05, 0) is 6.42 Å². The van der Waals surface area contributed by atoms with Gasteiger partial charge < -0.3 is 8.85 Å². The fourth-order valence-corrected chi connectivity index (χ4v) is 3.19. The summed E-state index contributed by atoms with van der Waals surface area (Å²) in [5.41, 5.74) is 0. The molecular weight excluding hydrogens is 184 g/mol. The van der Waals surface area contributed by atoms with E-state index in [1.807, 2.05) is 6.92 Å². The Kier molecular flexibility index (Phi) is 5.05. The molecule has 10 heavy (non-hydrogen) atoms. The van der Waals surface area contributed by atoms with Crippen molar-refractivity contribution >= 4 is 34.5 Å². The molecule has 0 bridgehead atoms. The highest BCUT2D eigenvalue weighted by Gasteiger charge is 2.33. The molecule has 0 amide bonds. The van der Waals surface area contributed by atoms with Crippen molar-refractivity contribution in [3.63, 3.8) is 0 Å². The molecule has 0 fully saturated rings. The topological polar surface area (TPSA) is 18.5 Å². The van der Waals surface area contributed by atoms with E-state index in [2.05, 4.69) is 25.3 Å². The third kappa shape index (κ3) is 2.83. The second-order valence-electron chi connectivity index (χ2n) is 2.04. The molecule has 0 rings (SSSR count). The number of hydrogen-bond donors (Lipinski definition) is 2. The molecule has 0 saturated carbocycles. The van der Waals surface area contributed by atoms with E-state index in [9.17, 15) is 0 Å². The Morgan fingerprint density at radius 3 is 1.80 bits per heavy atom. The smallest absolute Gasteiger partial charge is 0.347 e. The first kappa shape index (κ1) is 10.8. The van der Waals surface area contributed by atoms with E-state index < -0.39 is 9.28 Å². The Morgan fingerprint density at radius 2 is 1.70 bits per heavy atom. The molecule has 5 heteroatoms. The first-order valence-corrected chi connectivity index (χ1v) is 5.50. The molecule has 0 aromatic rings. The highest BCUT2D eigenvalue weighted by Crippen LogP contribution is 2.27. The predicted molar refractivity (Wildman–Crippen MR) is 52.2 cm³/mol. The fourth-order valence-electron chi connectivity index (χ4n) is 0.640. The average Bonchev–Trinajstić information content (AvgIpc) is 1.90. The lowest BCUT2D eigenvalue weighted by atomic mass is 10.6. The molecule has 0 radical (unpaired) electrons. The molecule has 2 nitrogen and oxygen atoms in total. The maximum Gasteiger partial charge on any atom is 0.347 e. The molecule has 0 aliphatic carbocycles. The van der Waals surface area contributed by atoms with Crippen molar-refractivity contribution in [1.29, 1.82) is 0 Å². The van der Waals surface area contributed by atoms with Crippen molar-refractivity contribution < 1.29 is 8.85 Å². The lowest BCUT2D eigenvalue weighted by molar-refractivity contribution is 0.272. The quantitative estimate of drug-likeness (QED) is 0.399. The van der Waals surface area contributed by atoms with Crippen LogP contribution in [-0.2, 0) is 8.85 Å². The third-order valence-corrected chi connectivity index (χ3v) is 5.24. The second-order valence-corrected chi connectivity index (χ2v) is 7.55. The number of rotatable bonds is 4. The van der Waals surface area contributed by atoms with Gasteiger partial charge in [-0.2, -0.15) is 25.3 Å². The van der Waals surface area contributed by atoms with E-state index in [1.165, 1.54) is 0 Å². The standard InChI is InChI=1S/C5H14O2S2Si/c1-4-5(8,9)10(6-2)7-3/h8-10H,4H2,1-3H3. The van der Waals surface area contributed by atoms with Crippen molar-refractivity contribution in [3.05, 3.63) is 0 Å². The van der Waals surface area contributed by atoms with Gasteiger partial charge in [0.1, 0.15) is 0 Å². The molecule has 0 saturated heterocycles. The highest BCUT2D eigenvalue weighted by atomic mass is 32.2. The van der Waals surface area contributed by atoms with Gasteiger partial charge in [0.05, 0.1) is 3.70 Å². The van der Waals surface area contributed by atoms with E-state index in [4.69, 9.17) is 8.85 Å². The molecule has 0 unspecified atom stereocenters. The van der Waals surface area contributed by atoms with E-state index in [-0.39, 0.29) is 3.70 Å². The first-order valence-electron chi connectivity index (χ1n) is 3.08. The zero-order chi connectivity index (χ0) is 8.20. The summed E-state index contributed by atoms with van der Waals surface area (Å²) >= 11 is 8.64. The normalized spacial score (nSPS) is 12.6. The van der Waals surface area contributed by atoms with Crippen molar-refractivity contribution in [2.24, 2.45) is 0 Å². The van der Waals surface area contributed by atoms with Crippen LogP contribution in [0.2, 0.25) is 0 Å². The van der Waals surface area contributed by atoms with E-state index >= 15 is 0 Å². The van der Waals surface area contributed by atoms with E-state index in [0.29, 0.717) is 0 Å². The largest absolute Gasteiger partial charge is 0.399 e. The predicted octanol–water partition coefficient (Wildman–Crippen LogP) is 1.00. The van der Waals surface area contributed by atoms with Crippen LogP contribution in [0, 0.1) is 0 Å². The average molecular weight is 198 g/mol. The minimum atomic E-state index is -1.67. The summed E-state index contributed by atoms with van der Waals surface area (Å²) in [5, 5.41) is 0. The SMILES string of the molecule is CCC(S)(S)[SiH](OC)OC. The molecule has 0 N–H and O–H groups in total. The Bertz CT molecular complexity index is 95.6. The third-order valence-electron chi connectivity index (χ3n) is 1.33. The molecule has 0 aliphatic rings. The van der Waals surface area contributed by atoms with Gasteiger partial charge >= 0.3 is 9.28 Å². The van der Waals surface area contributed by atoms with Crippen LogP contribution in [0.25, 0.3) is 0 Å². The monoisotopic (exact) mass is 198 g/mol. The van der Waals surface area contributed by atoms with Gasteiger partial charge in [-0.3, -0.25) is 0 Å². The summed E-state index contributed by atoms with van der Waals surface area (Å²) in [7, 11) is 1.60. The van der Waals surface area contributed by atoms with Crippen LogP contribution in [-0.4, -0.2) is 27.2 Å². The lowest BCUT2D eigenvalue weighted by Crippen LogP contribution is -2.39. The lowest BCUT2D eigenvalue weighted by Gasteiger charge is -2.26. The minimum Gasteiger partial charge on any atom is -0.399 e. The van der Waals surface area contributed by atoms with Gasteiger partial charge in [-0.25, -0.2) is 0 Å². The van der Waals surface area contributed by atoms with Crippen LogP contribution in [0.4, 0.5) is 0 Å². The summed E-state index contributed by atoms with van der Waals surface area (Å²) in [5.74, 6) is 0. The highest BCUT2D eigenvalue weighted by molar-refractivity contribution is 8.03. The van der Waals surface area contributed by atoms with Gasteiger partial charge in [0.2, 0.25) is 0 Å². The van der Waals surface area contributed by atoms with Crippen LogP contribution >= 0.6 is 25.3 Å². The van der Waals surface area contributed by atoms with Crippen LogP contribution in [0.1, 0.15) is 13.3 Å². The fraction of sp³-hybridized carbons (Fsp3) is 1.00. The summed E-state index contributed by atoms with van der Waals surface area (Å²) in [4.78, 5) is 0. The van der Waals surface area contributed by atoms with E-state index in [0.717, 1.165) is 6.42 Å². The first-order chi connectivity index (χ1) is 4.58. The molecule has 0 spiro atoms. The molecule has 0 aliphatic heterocycles. The van der Waals surface area contributed by atoms with Crippen LogP contribution in [0.5, 0.6) is 0 Å². The van der Waals surface area contributed by atoms with Gasteiger partial charge in [0, 0.05) is 14.2 Å². The maximum absolute atomic E-state index is 5.12. The van der Waals surface area contributed by atoms with Gasteiger partial charge in [-0.1, -0.05) is 6.92 Å². The number of thiol groups is 2. The Balaban J connectivity index is 3.97. The number of hydrogen-bond acceptors (Lipinski definition) is 4. The van der Waals surface area contributed by atoms with Crippen LogP contribution in [0.3, 0.4) is 0 Å². The molecule has 0 aromatic carbocycles. The molecule has 0 atom stereocenters. The summed E-state index contributed by atoms with van der Waals surface area (Å²) < 4.78 is 9.88. The Hall–Kier alpha value is 0.837. The van der Waals surface area contributed by atoms with Crippen molar-refractivity contribution in [2.45, 2.75) is 17.0 Å². The van der Waals surface area contributed by atoms with Gasteiger partial charge in [-0.15, -0.1) is 0 Å². The second kappa shape index (κ2) is 4.66. The molecule has 0 heterocycles. The molecule has 62 valence electrons. The zero-order valence-electron chi connectivity index (χ0n) is 6.50. The minimum absolute atomic E-state index is 0.358. The van der Waals surface area contributed by atoms with Crippen LogP contribution in [0.15, 0.2) is 0 Å². The molecular formula is C5H14O2S2Si. The zero-order valence-corrected chi connectivity index (χ0v) is 9.44. The van der Waals surface area contributed by atoms with E-state index in [1.54, 1.807) is 14.2 Å². The summed E-state index contributed by atoms with van der Waals surface area (Å²) in [6.45, 7) is 2.01. The summed E-state index contributed by atoms with van der Waals surface area (Å²) in [6.07, 6.45) is 0.845. The van der Waals surface area contributed by atoms with Crippen molar-refractivity contribution in [2.75, 3.05) is 14.2 Å². The van der Waals surface area contributed by atoms with Crippen LogP contribution < -0.4 is 0 Å². The van der Waals surface area contributed by atoms with Crippen molar-refractivity contribution in [1.82, 2.24) is 0 Å². The Morgan fingerprint density at radius 1 is 1.30 bits per heavy atom. The Labute approximate surface area is 75.0 Å².